The maximum atomic E-state index is 12.0. The lowest BCUT2D eigenvalue weighted by Gasteiger charge is -2.10. The van der Waals surface area contributed by atoms with Crippen molar-refractivity contribution in [2.45, 2.75) is 13.3 Å². The summed E-state index contributed by atoms with van der Waals surface area (Å²) in [5.74, 6) is 0.651. The van der Waals surface area contributed by atoms with Gasteiger partial charge in [-0.05, 0) is 24.6 Å². The molecule has 25 heavy (non-hydrogen) atoms. The van der Waals surface area contributed by atoms with Gasteiger partial charge in [0.2, 0.25) is 0 Å². The van der Waals surface area contributed by atoms with E-state index in [1.54, 1.807) is 24.3 Å². The van der Waals surface area contributed by atoms with E-state index in [9.17, 15) is 14.9 Å². The Morgan fingerprint density at radius 2 is 1.92 bits per heavy atom. The van der Waals surface area contributed by atoms with Crippen molar-refractivity contribution < 1.29 is 19.2 Å². The number of anilines is 1. The van der Waals surface area contributed by atoms with Gasteiger partial charge in [0.25, 0.3) is 11.6 Å². The number of non-ortho nitro benzene ring substituents is 1. The van der Waals surface area contributed by atoms with Crippen molar-refractivity contribution in [2.24, 2.45) is 0 Å². The number of carbonyl (C=O) groups is 1. The van der Waals surface area contributed by atoms with Crippen molar-refractivity contribution in [3.8, 4) is 11.5 Å². The van der Waals surface area contributed by atoms with Crippen LogP contribution in [-0.2, 0) is 4.79 Å². The first kappa shape index (κ1) is 18.5. The fourth-order valence-corrected chi connectivity index (χ4v) is 2.10. The maximum Gasteiger partial charge on any atom is 0.271 e. The normalized spacial score (nSPS) is 10.2. The molecule has 0 bridgehead atoms. The van der Waals surface area contributed by atoms with Gasteiger partial charge >= 0.3 is 0 Å². The minimum Gasteiger partial charge on any atom is -0.493 e. The number of halogens is 1. The molecule has 2 aromatic rings. The summed E-state index contributed by atoms with van der Waals surface area (Å²) in [5.41, 5.74) is -0.00844. The number of nitro benzene ring substituents is 1. The van der Waals surface area contributed by atoms with Gasteiger partial charge in [0, 0.05) is 18.2 Å². The van der Waals surface area contributed by atoms with E-state index in [1.165, 1.54) is 18.2 Å². The van der Waals surface area contributed by atoms with E-state index < -0.39 is 10.8 Å². The molecule has 1 amide bonds. The van der Waals surface area contributed by atoms with Crippen molar-refractivity contribution in [2.75, 3.05) is 18.5 Å². The van der Waals surface area contributed by atoms with E-state index in [1.807, 2.05) is 6.92 Å². The first-order valence-corrected chi connectivity index (χ1v) is 7.97. The highest BCUT2D eigenvalue weighted by molar-refractivity contribution is 6.33. The SMILES string of the molecule is CCCOc1cccc(OCC(=O)Nc2cc([N+](=O)[O-])ccc2Cl)c1. The third-order valence-electron chi connectivity index (χ3n) is 3.08. The zero-order chi connectivity index (χ0) is 18.2. The predicted molar refractivity (Wildman–Crippen MR) is 94.5 cm³/mol. The largest absolute Gasteiger partial charge is 0.493 e. The molecule has 0 aliphatic rings. The van der Waals surface area contributed by atoms with E-state index in [0.29, 0.717) is 18.1 Å². The van der Waals surface area contributed by atoms with E-state index in [2.05, 4.69) is 5.32 Å². The van der Waals surface area contributed by atoms with Crippen LogP contribution in [0.1, 0.15) is 13.3 Å². The molecule has 0 saturated carbocycles. The molecule has 132 valence electrons. The van der Waals surface area contributed by atoms with Gasteiger partial charge < -0.3 is 14.8 Å². The van der Waals surface area contributed by atoms with E-state index >= 15 is 0 Å². The fraction of sp³-hybridized carbons (Fsp3) is 0.235. The Hall–Kier alpha value is -2.80. The fourth-order valence-electron chi connectivity index (χ4n) is 1.93. The molecule has 0 aromatic heterocycles. The molecule has 0 atom stereocenters. The predicted octanol–water partition coefficient (Wildman–Crippen LogP) is 4.05. The van der Waals surface area contributed by atoms with Crippen LogP contribution in [0.4, 0.5) is 11.4 Å². The second-order valence-corrected chi connectivity index (χ2v) is 5.49. The number of carbonyl (C=O) groups excluding carboxylic acids is 1. The second-order valence-electron chi connectivity index (χ2n) is 5.08. The van der Waals surface area contributed by atoms with Gasteiger partial charge in [-0.3, -0.25) is 14.9 Å². The number of benzene rings is 2. The Morgan fingerprint density at radius 3 is 2.60 bits per heavy atom. The smallest absolute Gasteiger partial charge is 0.271 e. The topological polar surface area (TPSA) is 90.7 Å². The molecule has 2 aromatic carbocycles. The van der Waals surface area contributed by atoms with Crippen molar-refractivity contribution in [1.82, 2.24) is 0 Å². The van der Waals surface area contributed by atoms with Gasteiger partial charge in [0.15, 0.2) is 6.61 Å². The van der Waals surface area contributed by atoms with Crippen LogP contribution in [0.5, 0.6) is 11.5 Å². The summed E-state index contributed by atoms with van der Waals surface area (Å²) >= 11 is 5.94. The average molecular weight is 365 g/mol. The van der Waals surface area contributed by atoms with Crippen LogP contribution >= 0.6 is 11.6 Å². The summed E-state index contributed by atoms with van der Waals surface area (Å²) in [5, 5.41) is 13.5. The van der Waals surface area contributed by atoms with E-state index in [4.69, 9.17) is 21.1 Å². The van der Waals surface area contributed by atoms with Crippen molar-refractivity contribution in [3.63, 3.8) is 0 Å². The molecule has 0 unspecified atom stereocenters. The summed E-state index contributed by atoms with van der Waals surface area (Å²) in [6, 6.07) is 10.7. The van der Waals surface area contributed by atoms with Gasteiger partial charge in [-0.2, -0.15) is 0 Å². The molecule has 0 spiro atoms. The number of nitrogens with zero attached hydrogens (tertiary/aromatic N) is 1. The summed E-state index contributed by atoms with van der Waals surface area (Å²) < 4.78 is 10.9. The zero-order valence-electron chi connectivity index (χ0n) is 13.5. The number of hydrogen-bond acceptors (Lipinski definition) is 5. The highest BCUT2D eigenvalue weighted by Crippen LogP contribution is 2.26. The van der Waals surface area contributed by atoms with Gasteiger partial charge in [0.05, 0.1) is 22.2 Å². The summed E-state index contributed by atoms with van der Waals surface area (Å²) in [4.78, 5) is 22.2. The van der Waals surface area contributed by atoms with Crippen molar-refractivity contribution in [1.29, 1.82) is 0 Å². The highest BCUT2D eigenvalue weighted by atomic mass is 35.5. The van der Waals surface area contributed by atoms with E-state index in [0.717, 1.165) is 6.42 Å². The first-order chi connectivity index (χ1) is 12.0. The molecule has 8 heteroatoms. The molecular weight excluding hydrogens is 348 g/mol. The Kier molecular flexibility index (Phi) is 6.59. The lowest BCUT2D eigenvalue weighted by atomic mass is 10.3. The van der Waals surface area contributed by atoms with Gasteiger partial charge in [0.1, 0.15) is 11.5 Å². The van der Waals surface area contributed by atoms with Crippen LogP contribution in [0.2, 0.25) is 5.02 Å². The van der Waals surface area contributed by atoms with Crippen LogP contribution in [-0.4, -0.2) is 24.0 Å². The average Bonchev–Trinajstić information content (AvgIpc) is 2.60. The highest BCUT2D eigenvalue weighted by Gasteiger charge is 2.12. The zero-order valence-corrected chi connectivity index (χ0v) is 14.3. The van der Waals surface area contributed by atoms with Crippen LogP contribution in [0.3, 0.4) is 0 Å². The molecule has 0 heterocycles. The maximum absolute atomic E-state index is 12.0. The number of amides is 1. The lowest BCUT2D eigenvalue weighted by molar-refractivity contribution is -0.384. The Morgan fingerprint density at radius 1 is 1.20 bits per heavy atom. The molecule has 1 N–H and O–H groups in total. The molecule has 0 aliphatic carbocycles. The summed E-state index contributed by atoms with van der Waals surface area (Å²) in [7, 11) is 0. The molecule has 0 saturated heterocycles. The standard InChI is InChI=1S/C17H17ClN2O5/c1-2-8-24-13-4-3-5-14(10-13)25-11-17(21)19-16-9-12(20(22)23)6-7-15(16)18/h3-7,9-10H,2,8,11H2,1H3,(H,19,21). The second kappa shape index (κ2) is 8.89. The first-order valence-electron chi connectivity index (χ1n) is 7.59. The summed E-state index contributed by atoms with van der Waals surface area (Å²) in [6.45, 7) is 2.33. The van der Waals surface area contributed by atoms with Gasteiger partial charge in [-0.25, -0.2) is 0 Å². The number of ether oxygens (including phenoxy) is 2. The van der Waals surface area contributed by atoms with Crippen LogP contribution in [0.15, 0.2) is 42.5 Å². The molecular formula is C17H17ClN2O5. The lowest BCUT2D eigenvalue weighted by Crippen LogP contribution is -2.20. The third-order valence-corrected chi connectivity index (χ3v) is 3.41. The Balaban J connectivity index is 1.95. The van der Waals surface area contributed by atoms with E-state index in [-0.39, 0.29) is 23.0 Å². The van der Waals surface area contributed by atoms with Crippen molar-refractivity contribution in [3.05, 3.63) is 57.6 Å². The number of nitro groups is 1. The third kappa shape index (κ3) is 5.65. The quantitative estimate of drug-likeness (QED) is 0.563. The molecule has 2 rings (SSSR count). The monoisotopic (exact) mass is 364 g/mol. The molecule has 0 fully saturated rings. The number of rotatable bonds is 8. The van der Waals surface area contributed by atoms with Crippen molar-refractivity contribution >= 4 is 28.9 Å². The minimum atomic E-state index is -0.565. The van der Waals surface area contributed by atoms with Gasteiger partial charge in [-0.1, -0.05) is 24.6 Å². The number of nitrogens with one attached hydrogen (secondary N) is 1. The van der Waals surface area contributed by atoms with Crippen LogP contribution < -0.4 is 14.8 Å². The summed E-state index contributed by atoms with van der Waals surface area (Å²) in [6.07, 6.45) is 0.886. The molecule has 0 aliphatic heterocycles. The van der Waals surface area contributed by atoms with Crippen LogP contribution in [0, 0.1) is 10.1 Å². The Labute approximate surface area is 149 Å². The Bertz CT molecular complexity index is 766. The van der Waals surface area contributed by atoms with Crippen LogP contribution in [0.25, 0.3) is 0 Å². The minimum absolute atomic E-state index is 0.157. The van der Waals surface area contributed by atoms with Gasteiger partial charge in [-0.15, -0.1) is 0 Å². The molecule has 0 radical (unpaired) electrons. The molecule has 7 nitrogen and oxygen atoms in total. The number of hydrogen-bond donors (Lipinski definition) is 1.